The van der Waals surface area contributed by atoms with Gasteiger partial charge in [0.15, 0.2) is 17.2 Å². The number of rotatable bonds is 3. The predicted molar refractivity (Wildman–Crippen MR) is 91.0 cm³/mol. The number of sulfonamides is 1. The highest BCUT2D eigenvalue weighted by Gasteiger charge is 2.42. The second-order valence-corrected chi connectivity index (χ2v) is 7.90. The molecule has 7 nitrogen and oxygen atoms in total. The van der Waals surface area contributed by atoms with Crippen molar-refractivity contribution < 1.29 is 22.3 Å². The van der Waals surface area contributed by atoms with Gasteiger partial charge in [0.2, 0.25) is 10.0 Å². The van der Waals surface area contributed by atoms with Crippen molar-refractivity contribution in [1.29, 1.82) is 0 Å². The SMILES string of the molecule is CC1(C)Oc2cc(NS(C)(=O)=O)cnc2N(c2ccc(F)cc2)C1=O. The highest BCUT2D eigenvalue weighted by Crippen LogP contribution is 2.41. The van der Waals surface area contributed by atoms with E-state index in [0.717, 1.165) is 6.26 Å². The summed E-state index contributed by atoms with van der Waals surface area (Å²) in [6.07, 6.45) is 2.30. The van der Waals surface area contributed by atoms with Crippen molar-refractivity contribution in [2.24, 2.45) is 0 Å². The number of nitrogens with zero attached hydrogens (tertiary/aromatic N) is 2. The van der Waals surface area contributed by atoms with Gasteiger partial charge in [-0.3, -0.25) is 14.4 Å². The van der Waals surface area contributed by atoms with Gasteiger partial charge in [0.05, 0.1) is 23.8 Å². The quantitative estimate of drug-likeness (QED) is 0.902. The Morgan fingerprint density at radius 2 is 1.88 bits per heavy atom. The molecule has 1 aromatic heterocycles. The number of carbonyl (C=O) groups is 1. The second-order valence-electron chi connectivity index (χ2n) is 6.15. The molecule has 0 radical (unpaired) electrons. The van der Waals surface area contributed by atoms with Gasteiger partial charge in [0, 0.05) is 6.07 Å². The summed E-state index contributed by atoms with van der Waals surface area (Å²) in [5, 5.41) is 0. The van der Waals surface area contributed by atoms with Crippen molar-refractivity contribution in [3.05, 3.63) is 42.3 Å². The maximum Gasteiger partial charge on any atom is 0.276 e. The van der Waals surface area contributed by atoms with E-state index in [9.17, 15) is 17.6 Å². The zero-order valence-electron chi connectivity index (χ0n) is 13.8. The lowest BCUT2D eigenvalue weighted by molar-refractivity contribution is -0.131. The largest absolute Gasteiger partial charge is 0.474 e. The first-order valence-electron chi connectivity index (χ1n) is 7.34. The molecular formula is C16H16FN3O4S. The van der Waals surface area contributed by atoms with Crippen LogP contribution >= 0.6 is 0 Å². The molecule has 0 aliphatic carbocycles. The Hall–Kier alpha value is -2.68. The Kier molecular flexibility index (Phi) is 3.91. The molecule has 1 aliphatic rings. The minimum Gasteiger partial charge on any atom is -0.474 e. The fourth-order valence-electron chi connectivity index (χ4n) is 2.46. The Morgan fingerprint density at radius 1 is 1.24 bits per heavy atom. The van der Waals surface area contributed by atoms with Crippen molar-refractivity contribution in [2.75, 3.05) is 15.9 Å². The molecule has 9 heteroatoms. The van der Waals surface area contributed by atoms with Gasteiger partial charge >= 0.3 is 0 Å². The number of benzene rings is 1. The first-order valence-corrected chi connectivity index (χ1v) is 9.23. The molecule has 0 saturated carbocycles. The van der Waals surface area contributed by atoms with Crippen LogP contribution in [0.1, 0.15) is 13.8 Å². The molecule has 0 spiro atoms. The van der Waals surface area contributed by atoms with Gasteiger partial charge in [-0.05, 0) is 38.1 Å². The number of hydrogen-bond donors (Lipinski definition) is 1. The number of halogens is 1. The standard InChI is InChI=1S/C16H16FN3O4S/c1-16(2)15(21)20(12-6-4-10(17)5-7-12)14-13(24-16)8-11(9-18-14)19-25(3,22)23/h4-9,19H,1-3H3. The van der Waals surface area contributed by atoms with Gasteiger partial charge in [0.1, 0.15) is 5.82 Å². The Balaban J connectivity index is 2.11. The number of aromatic nitrogens is 1. The Morgan fingerprint density at radius 3 is 2.48 bits per heavy atom. The zero-order valence-corrected chi connectivity index (χ0v) is 14.6. The molecule has 0 unspecified atom stereocenters. The first-order chi connectivity index (χ1) is 11.6. The number of ether oxygens (including phenoxy) is 1. The highest BCUT2D eigenvalue weighted by molar-refractivity contribution is 7.92. The van der Waals surface area contributed by atoms with E-state index in [1.807, 2.05) is 0 Å². The fourth-order valence-corrected chi connectivity index (χ4v) is 3.00. The summed E-state index contributed by atoms with van der Waals surface area (Å²) < 4.78 is 44.0. The summed E-state index contributed by atoms with van der Waals surface area (Å²) in [5.41, 5.74) is -0.557. The number of nitrogens with one attached hydrogen (secondary N) is 1. The van der Waals surface area contributed by atoms with E-state index in [1.54, 1.807) is 13.8 Å². The maximum absolute atomic E-state index is 13.2. The summed E-state index contributed by atoms with van der Waals surface area (Å²) in [6, 6.07) is 6.86. The van der Waals surface area contributed by atoms with Gasteiger partial charge < -0.3 is 4.74 Å². The third-order valence-electron chi connectivity index (χ3n) is 3.52. The van der Waals surface area contributed by atoms with Crippen LogP contribution in [0, 0.1) is 5.82 Å². The van der Waals surface area contributed by atoms with Crippen LogP contribution < -0.4 is 14.4 Å². The lowest BCUT2D eigenvalue weighted by atomic mass is 10.0. The summed E-state index contributed by atoms with van der Waals surface area (Å²) >= 11 is 0. The van der Waals surface area contributed by atoms with Crippen LogP contribution in [0.25, 0.3) is 0 Å². The smallest absolute Gasteiger partial charge is 0.276 e. The monoisotopic (exact) mass is 365 g/mol. The number of hydrogen-bond acceptors (Lipinski definition) is 5. The molecule has 2 aromatic rings. The van der Waals surface area contributed by atoms with Crippen LogP contribution in [-0.4, -0.2) is 31.2 Å². The van der Waals surface area contributed by atoms with E-state index in [0.29, 0.717) is 5.69 Å². The molecule has 1 amide bonds. The van der Waals surface area contributed by atoms with Crippen LogP contribution in [0.4, 0.5) is 21.6 Å². The predicted octanol–water partition coefficient (Wildman–Crippen LogP) is 2.43. The topological polar surface area (TPSA) is 88.6 Å². The van der Waals surface area contributed by atoms with Gasteiger partial charge in [-0.15, -0.1) is 0 Å². The molecule has 3 rings (SSSR count). The van der Waals surface area contributed by atoms with Crippen molar-refractivity contribution in [3.63, 3.8) is 0 Å². The summed E-state index contributed by atoms with van der Waals surface area (Å²) in [4.78, 5) is 18.2. The molecule has 1 aliphatic heterocycles. The number of amides is 1. The van der Waals surface area contributed by atoms with Crippen LogP contribution in [0.3, 0.4) is 0 Å². The molecule has 0 fully saturated rings. The molecule has 1 aromatic carbocycles. The normalized spacial score (nSPS) is 16.2. The Labute approximate surface area is 144 Å². The fraction of sp³-hybridized carbons (Fsp3) is 0.250. The van der Waals surface area contributed by atoms with Gasteiger partial charge in [0.25, 0.3) is 5.91 Å². The van der Waals surface area contributed by atoms with E-state index < -0.39 is 21.4 Å². The minimum absolute atomic E-state index is 0.204. The highest BCUT2D eigenvalue weighted by atomic mass is 32.2. The van der Waals surface area contributed by atoms with Crippen molar-refractivity contribution in [2.45, 2.75) is 19.4 Å². The van der Waals surface area contributed by atoms with E-state index >= 15 is 0 Å². The first kappa shape index (κ1) is 17.2. The van der Waals surface area contributed by atoms with Gasteiger partial charge in [-0.2, -0.15) is 0 Å². The van der Waals surface area contributed by atoms with E-state index in [4.69, 9.17) is 4.74 Å². The number of pyridine rings is 1. The lowest BCUT2D eigenvalue weighted by Gasteiger charge is -2.37. The third kappa shape index (κ3) is 3.41. The maximum atomic E-state index is 13.2. The van der Waals surface area contributed by atoms with Crippen LogP contribution in [0.2, 0.25) is 0 Å². The molecule has 0 saturated heterocycles. The van der Waals surface area contributed by atoms with Gasteiger partial charge in [-0.25, -0.2) is 17.8 Å². The molecule has 0 bridgehead atoms. The van der Waals surface area contributed by atoms with Crippen LogP contribution in [0.5, 0.6) is 5.75 Å². The molecule has 132 valence electrons. The van der Waals surface area contributed by atoms with E-state index in [1.165, 1.54) is 41.4 Å². The lowest BCUT2D eigenvalue weighted by Crippen LogP contribution is -2.50. The molecule has 1 N–H and O–H groups in total. The van der Waals surface area contributed by atoms with Crippen LogP contribution in [0.15, 0.2) is 36.5 Å². The summed E-state index contributed by atoms with van der Waals surface area (Å²) in [6.45, 7) is 3.18. The molecular weight excluding hydrogens is 349 g/mol. The summed E-state index contributed by atoms with van der Waals surface area (Å²) in [7, 11) is -3.48. The summed E-state index contributed by atoms with van der Waals surface area (Å²) in [5.74, 6) is -0.356. The average Bonchev–Trinajstić information content (AvgIpc) is 2.48. The number of carbonyl (C=O) groups excluding carboxylic acids is 1. The van der Waals surface area contributed by atoms with Crippen molar-refractivity contribution in [3.8, 4) is 5.75 Å². The van der Waals surface area contributed by atoms with Crippen molar-refractivity contribution >= 4 is 33.1 Å². The molecule has 2 heterocycles. The minimum atomic E-state index is -3.48. The Bertz CT molecular complexity index is 942. The number of fused-ring (bicyclic) bond motifs is 1. The van der Waals surface area contributed by atoms with E-state index in [2.05, 4.69) is 9.71 Å². The van der Waals surface area contributed by atoms with E-state index in [-0.39, 0.29) is 23.2 Å². The van der Waals surface area contributed by atoms with Gasteiger partial charge in [-0.1, -0.05) is 0 Å². The zero-order chi connectivity index (χ0) is 18.4. The molecule has 25 heavy (non-hydrogen) atoms. The second kappa shape index (κ2) is 5.69. The van der Waals surface area contributed by atoms with Crippen LogP contribution in [-0.2, 0) is 14.8 Å². The average molecular weight is 365 g/mol. The number of anilines is 3. The molecule has 0 atom stereocenters. The third-order valence-corrected chi connectivity index (χ3v) is 4.12. The van der Waals surface area contributed by atoms with Crippen molar-refractivity contribution in [1.82, 2.24) is 4.98 Å².